The van der Waals surface area contributed by atoms with Crippen molar-refractivity contribution in [3.63, 3.8) is 0 Å². The molecule has 0 saturated heterocycles. The molecule has 0 aliphatic rings. The van der Waals surface area contributed by atoms with Crippen LogP contribution in [0, 0.1) is 18.8 Å². The number of methoxy groups -OCH3 is 1. The van der Waals surface area contributed by atoms with Crippen LogP contribution in [0.1, 0.15) is 11.1 Å². The maximum atomic E-state index is 13.5. The third-order valence-electron chi connectivity index (χ3n) is 4.65. The van der Waals surface area contributed by atoms with Crippen molar-refractivity contribution in [2.45, 2.75) is 11.8 Å². The number of rotatable bonds is 6. The normalized spacial score (nSPS) is 11.2. The lowest BCUT2D eigenvalue weighted by atomic mass is 10.2. The van der Waals surface area contributed by atoms with E-state index in [0.717, 1.165) is 11.1 Å². The fourth-order valence-corrected chi connectivity index (χ4v) is 4.37. The zero-order valence-electron chi connectivity index (χ0n) is 17.9. The molecular formula is C26H23NO4S. The van der Waals surface area contributed by atoms with Crippen molar-refractivity contribution in [2.24, 2.45) is 0 Å². The van der Waals surface area contributed by atoms with Gasteiger partial charge >= 0.3 is 5.97 Å². The lowest BCUT2D eigenvalue weighted by Crippen LogP contribution is -2.34. The van der Waals surface area contributed by atoms with Crippen molar-refractivity contribution in [3.8, 4) is 11.8 Å². The Kier molecular flexibility index (Phi) is 7.48. The van der Waals surface area contributed by atoms with Gasteiger partial charge in [-0.3, -0.25) is 4.31 Å². The van der Waals surface area contributed by atoms with Gasteiger partial charge in [-0.2, -0.15) is 0 Å². The van der Waals surface area contributed by atoms with Crippen molar-refractivity contribution >= 4 is 21.7 Å². The second-order valence-electron chi connectivity index (χ2n) is 6.96. The summed E-state index contributed by atoms with van der Waals surface area (Å²) in [5.41, 5.74) is 2.27. The number of aryl methyl sites for hydroxylation is 1. The Morgan fingerprint density at radius 3 is 2.12 bits per heavy atom. The largest absolute Gasteiger partial charge is 0.466 e. The van der Waals surface area contributed by atoms with Crippen molar-refractivity contribution in [3.05, 3.63) is 108 Å². The molecule has 0 spiro atoms. The molecule has 0 amide bonds. The summed E-state index contributed by atoms with van der Waals surface area (Å²) in [4.78, 5) is 12.6. The van der Waals surface area contributed by atoms with Gasteiger partial charge in [-0.05, 0) is 43.3 Å². The summed E-state index contributed by atoms with van der Waals surface area (Å²) in [7, 11) is -2.70. The first kappa shape index (κ1) is 22.9. The second kappa shape index (κ2) is 10.5. The molecule has 0 bridgehead atoms. The molecule has 0 heterocycles. The number of hydrogen-bond donors (Lipinski definition) is 0. The first-order valence-corrected chi connectivity index (χ1v) is 11.3. The van der Waals surface area contributed by atoms with Gasteiger partial charge in [0, 0.05) is 11.6 Å². The van der Waals surface area contributed by atoms with Gasteiger partial charge in [0.2, 0.25) is 0 Å². The van der Waals surface area contributed by atoms with Crippen molar-refractivity contribution in [2.75, 3.05) is 18.0 Å². The molecule has 0 aliphatic heterocycles. The fourth-order valence-electron chi connectivity index (χ4n) is 2.93. The van der Waals surface area contributed by atoms with Crippen LogP contribution in [-0.4, -0.2) is 28.0 Å². The molecule has 5 nitrogen and oxygen atoms in total. The zero-order valence-corrected chi connectivity index (χ0v) is 18.7. The van der Waals surface area contributed by atoms with Gasteiger partial charge in [0.1, 0.15) is 0 Å². The number of esters is 1. The Morgan fingerprint density at radius 1 is 0.938 bits per heavy atom. The highest BCUT2D eigenvalue weighted by molar-refractivity contribution is 7.92. The van der Waals surface area contributed by atoms with Crippen LogP contribution < -0.4 is 4.31 Å². The van der Waals surface area contributed by atoms with Gasteiger partial charge in [0.25, 0.3) is 10.0 Å². The van der Waals surface area contributed by atoms with E-state index in [2.05, 4.69) is 11.8 Å². The summed E-state index contributed by atoms with van der Waals surface area (Å²) in [6, 6.07) is 24.5. The van der Waals surface area contributed by atoms with Crippen LogP contribution in [0.3, 0.4) is 0 Å². The fraction of sp³-hybridized carbons (Fsp3) is 0.115. The van der Waals surface area contributed by atoms with E-state index in [9.17, 15) is 13.2 Å². The lowest BCUT2D eigenvalue weighted by molar-refractivity contribution is -0.136. The van der Waals surface area contributed by atoms with Crippen LogP contribution in [0.5, 0.6) is 0 Å². The molecule has 3 aromatic rings. The van der Waals surface area contributed by atoms with Crippen molar-refractivity contribution in [1.82, 2.24) is 0 Å². The molecular weight excluding hydrogens is 422 g/mol. The number of allylic oxidation sites excluding steroid dienone is 1. The predicted molar refractivity (Wildman–Crippen MR) is 126 cm³/mol. The lowest BCUT2D eigenvalue weighted by Gasteiger charge is -2.25. The van der Waals surface area contributed by atoms with E-state index in [1.807, 2.05) is 37.3 Å². The summed E-state index contributed by atoms with van der Waals surface area (Å²) in [6.45, 7) is 1.66. The molecule has 6 heteroatoms. The predicted octanol–water partition coefficient (Wildman–Crippen LogP) is 4.34. The molecule has 0 unspecified atom stereocenters. The number of hydrogen-bond acceptors (Lipinski definition) is 4. The quantitative estimate of drug-likeness (QED) is 0.322. The van der Waals surface area contributed by atoms with Gasteiger partial charge in [-0.1, -0.05) is 65.9 Å². The molecule has 0 fully saturated rings. The van der Waals surface area contributed by atoms with Crippen LogP contribution in [0.4, 0.5) is 5.69 Å². The Bertz CT molecular complexity index is 1250. The average Bonchev–Trinajstić information content (AvgIpc) is 2.82. The van der Waals surface area contributed by atoms with Crippen LogP contribution in [-0.2, 0) is 19.6 Å². The van der Waals surface area contributed by atoms with Crippen LogP contribution in [0.15, 0.2) is 101 Å². The minimum atomic E-state index is -3.95. The SMILES string of the molecule is COC(=O)/C(=C/C#Cc1ccccc1)CN(c1ccccc1)S(=O)(=O)c1ccc(C)cc1. The van der Waals surface area contributed by atoms with Crippen LogP contribution >= 0.6 is 0 Å². The van der Waals surface area contributed by atoms with E-state index in [1.54, 1.807) is 54.6 Å². The summed E-state index contributed by atoms with van der Waals surface area (Å²) in [5.74, 6) is 5.13. The third kappa shape index (κ3) is 5.65. The molecule has 0 N–H and O–H groups in total. The Hall–Kier alpha value is -3.82. The highest BCUT2D eigenvalue weighted by atomic mass is 32.2. The Labute approximate surface area is 189 Å². The second-order valence-corrected chi connectivity index (χ2v) is 8.82. The van der Waals surface area contributed by atoms with E-state index in [1.165, 1.54) is 17.5 Å². The number of carbonyl (C=O) groups excluding carboxylic acids is 1. The third-order valence-corrected chi connectivity index (χ3v) is 6.44. The number of nitrogens with zero attached hydrogens (tertiary/aromatic N) is 1. The van der Waals surface area contributed by atoms with E-state index >= 15 is 0 Å². The van der Waals surface area contributed by atoms with Gasteiger partial charge in [-0.15, -0.1) is 0 Å². The van der Waals surface area contributed by atoms with Gasteiger partial charge in [0.05, 0.1) is 29.8 Å². The molecule has 3 aromatic carbocycles. The highest BCUT2D eigenvalue weighted by Gasteiger charge is 2.27. The van der Waals surface area contributed by atoms with Crippen LogP contribution in [0.25, 0.3) is 0 Å². The smallest absolute Gasteiger partial charge is 0.336 e. The highest BCUT2D eigenvalue weighted by Crippen LogP contribution is 2.25. The first-order chi connectivity index (χ1) is 15.4. The molecule has 162 valence electrons. The van der Waals surface area contributed by atoms with Crippen LogP contribution in [0.2, 0.25) is 0 Å². The van der Waals surface area contributed by atoms with E-state index < -0.39 is 16.0 Å². The number of ether oxygens (including phenoxy) is 1. The minimum Gasteiger partial charge on any atom is -0.466 e. The van der Waals surface area contributed by atoms with Gasteiger partial charge in [0.15, 0.2) is 0 Å². The van der Waals surface area contributed by atoms with E-state index in [4.69, 9.17) is 4.74 Å². The summed E-state index contributed by atoms with van der Waals surface area (Å²) >= 11 is 0. The number of anilines is 1. The first-order valence-electron chi connectivity index (χ1n) is 9.90. The summed E-state index contributed by atoms with van der Waals surface area (Å²) < 4.78 is 33.1. The molecule has 3 rings (SSSR count). The minimum absolute atomic E-state index is 0.121. The van der Waals surface area contributed by atoms with E-state index in [0.29, 0.717) is 5.69 Å². The standard InChI is InChI=1S/C26H23NO4S/c1-21-16-18-25(19-17-21)32(29,30)27(24-14-7-4-8-15-24)20-23(26(28)31-2)13-9-12-22-10-5-3-6-11-22/h3-8,10-11,13-19H,20H2,1-2H3/b23-13+. The van der Waals surface area contributed by atoms with E-state index in [-0.39, 0.29) is 17.0 Å². The monoisotopic (exact) mass is 445 g/mol. The number of carbonyl (C=O) groups is 1. The zero-order chi connectivity index (χ0) is 23.0. The number of sulfonamides is 1. The Morgan fingerprint density at radius 2 is 1.53 bits per heavy atom. The average molecular weight is 446 g/mol. The number of para-hydroxylation sites is 1. The maximum Gasteiger partial charge on any atom is 0.336 e. The van der Waals surface area contributed by atoms with Crippen molar-refractivity contribution in [1.29, 1.82) is 0 Å². The van der Waals surface area contributed by atoms with Gasteiger partial charge in [-0.25, -0.2) is 13.2 Å². The van der Waals surface area contributed by atoms with Gasteiger partial charge < -0.3 is 4.74 Å². The molecule has 0 atom stereocenters. The summed E-state index contributed by atoms with van der Waals surface area (Å²) in [5, 5.41) is 0. The topological polar surface area (TPSA) is 63.7 Å². The molecule has 0 saturated carbocycles. The molecule has 0 aromatic heterocycles. The molecule has 0 radical (unpaired) electrons. The summed E-state index contributed by atoms with van der Waals surface area (Å²) in [6.07, 6.45) is 1.40. The Balaban J connectivity index is 2.03. The number of benzene rings is 3. The molecule has 0 aliphatic carbocycles. The molecule has 32 heavy (non-hydrogen) atoms. The van der Waals surface area contributed by atoms with Crippen molar-refractivity contribution < 1.29 is 17.9 Å². The maximum absolute atomic E-state index is 13.5.